The van der Waals surface area contributed by atoms with Crippen molar-refractivity contribution in [3.8, 4) is 11.5 Å². The number of fused-ring (bicyclic) bond motifs is 1. The van der Waals surface area contributed by atoms with Gasteiger partial charge in [-0.05, 0) is 47.5 Å². The Kier molecular flexibility index (Phi) is 3.90. The standard InChI is InChI=1S/C21H17NO2/c1-2-4-18(5-3-1)22-19-11-8-16(9-12-19)6-7-17-10-13-20-21(14-17)24-15-23-20/h1-14,22H,15H2/b7-6+. The molecule has 1 aliphatic rings. The summed E-state index contributed by atoms with van der Waals surface area (Å²) < 4.78 is 10.7. The van der Waals surface area contributed by atoms with Gasteiger partial charge < -0.3 is 14.8 Å². The third-order valence-electron chi connectivity index (χ3n) is 3.84. The molecule has 3 aromatic rings. The molecule has 0 bridgehead atoms. The third-order valence-corrected chi connectivity index (χ3v) is 3.84. The second kappa shape index (κ2) is 6.50. The molecular weight excluding hydrogens is 298 g/mol. The predicted octanol–water partition coefficient (Wildman–Crippen LogP) is 5.33. The Labute approximate surface area is 141 Å². The van der Waals surface area contributed by atoms with Gasteiger partial charge in [-0.3, -0.25) is 0 Å². The van der Waals surface area contributed by atoms with E-state index in [1.165, 1.54) is 0 Å². The Bertz CT molecular complexity index is 855. The zero-order valence-corrected chi connectivity index (χ0v) is 13.1. The average molecular weight is 315 g/mol. The molecular formula is C21H17NO2. The molecule has 0 fully saturated rings. The second-order valence-corrected chi connectivity index (χ2v) is 5.56. The van der Waals surface area contributed by atoms with Gasteiger partial charge in [0.15, 0.2) is 11.5 Å². The van der Waals surface area contributed by atoms with Gasteiger partial charge in [0.05, 0.1) is 0 Å². The summed E-state index contributed by atoms with van der Waals surface area (Å²) >= 11 is 0. The molecule has 3 heteroatoms. The van der Waals surface area contributed by atoms with Crippen molar-refractivity contribution in [3.63, 3.8) is 0 Å². The summed E-state index contributed by atoms with van der Waals surface area (Å²) in [6.07, 6.45) is 4.16. The maximum Gasteiger partial charge on any atom is 0.231 e. The van der Waals surface area contributed by atoms with Crippen LogP contribution >= 0.6 is 0 Å². The molecule has 1 N–H and O–H groups in total. The Morgan fingerprint density at radius 2 is 1.33 bits per heavy atom. The normalized spacial score (nSPS) is 12.5. The highest BCUT2D eigenvalue weighted by Crippen LogP contribution is 2.33. The van der Waals surface area contributed by atoms with Crippen molar-refractivity contribution in [1.29, 1.82) is 0 Å². The molecule has 0 unspecified atom stereocenters. The minimum atomic E-state index is 0.304. The van der Waals surface area contributed by atoms with Crippen LogP contribution in [0.5, 0.6) is 11.5 Å². The first-order chi connectivity index (χ1) is 11.9. The molecule has 118 valence electrons. The molecule has 1 heterocycles. The fourth-order valence-electron chi connectivity index (χ4n) is 2.57. The minimum absolute atomic E-state index is 0.304. The number of para-hydroxylation sites is 1. The fraction of sp³-hybridized carbons (Fsp3) is 0.0476. The van der Waals surface area contributed by atoms with E-state index < -0.39 is 0 Å². The fourth-order valence-corrected chi connectivity index (χ4v) is 2.57. The topological polar surface area (TPSA) is 30.5 Å². The van der Waals surface area contributed by atoms with E-state index >= 15 is 0 Å². The van der Waals surface area contributed by atoms with Gasteiger partial charge in [-0.15, -0.1) is 0 Å². The molecule has 0 amide bonds. The van der Waals surface area contributed by atoms with E-state index in [0.29, 0.717) is 6.79 Å². The predicted molar refractivity (Wildman–Crippen MR) is 97.7 cm³/mol. The van der Waals surface area contributed by atoms with E-state index in [0.717, 1.165) is 34.0 Å². The van der Waals surface area contributed by atoms with Crippen LogP contribution in [0.1, 0.15) is 11.1 Å². The molecule has 0 saturated heterocycles. The molecule has 1 aliphatic heterocycles. The quantitative estimate of drug-likeness (QED) is 0.660. The minimum Gasteiger partial charge on any atom is -0.454 e. The first-order valence-electron chi connectivity index (χ1n) is 7.87. The molecule has 4 rings (SSSR count). The number of nitrogens with one attached hydrogen (secondary N) is 1. The molecule has 0 aliphatic carbocycles. The second-order valence-electron chi connectivity index (χ2n) is 5.56. The summed E-state index contributed by atoms with van der Waals surface area (Å²) in [4.78, 5) is 0. The van der Waals surface area contributed by atoms with Gasteiger partial charge >= 0.3 is 0 Å². The number of hydrogen-bond donors (Lipinski definition) is 1. The summed E-state index contributed by atoms with van der Waals surface area (Å²) in [5.41, 5.74) is 4.39. The molecule has 0 saturated carbocycles. The van der Waals surface area contributed by atoms with E-state index in [4.69, 9.17) is 9.47 Å². The SMILES string of the molecule is C(=C\c1ccc2c(c1)OCO2)/c1ccc(Nc2ccccc2)cc1. The van der Waals surface area contributed by atoms with Crippen molar-refractivity contribution in [2.75, 3.05) is 12.1 Å². The van der Waals surface area contributed by atoms with Crippen LogP contribution in [0.2, 0.25) is 0 Å². The van der Waals surface area contributed by atoms with Crippen molar-refractivity contribution in [2.24, 2.45) is 0 Å². The molecule has 0 spiro atoms. The summed E-state index contributed by atoms with van der Waals surface area (Å²) in [5.74, 6) is 1.61. The van der Waals surface area contributed by atoms with Crippen molar-refractivity contribution in [2.45, 2.75) is 0 Å². The molecule has 0 radical (unpaired) electrons. The Morgan fingerprint density at radius 1 is 0.667 bits per heavy atom. The summed E-state index contributed by atoms with van der Waals surface area (Å²) in [6.45, 7) is 0.304. The number of ether oxygens (including phenoxy) is 2. The van der Waals surface area contributed by atoms with Gasteiger partial charge in [-0.1, -0.05) is 48.6 Å². The van der Waals surface area contributed by atoms with E-state index in [9.17, 15) is 0 Å². The molecule has 24 heavy (non-hydrogen) atoms. The smallest absolute Gasteiger partial charge is 0.231 e. The van der Waals surface area contributed by atoms with E-state index in [1.807, 2.05) is 48.5 Å². The van der Waals surface area contributed by atoms with Crippen LogP contribution in [0.15, 0.2) is 72.8 Å². The van der Waals surface area contributed by atoms with Gasteiger partial charge in [-0.25, -0.2) is 0 Å². The van der Waals surface area contributed by atoms with Gasteiger partial charge in [0.2, 0.25) is 6.79 Å². The first-order valence-corrected chi connectivity index (χ1v) is 7.87. The summed E-state index contributed by atoms with van der Waals surface area (Å²) in [6, 6.07) is 24.4. The van der Waals surface area contributed by atoms with Crippen molar-refractivity contribution in [1.82, 2.24) is 0 Å². The monoisotopic (exact) mass is 315 g/mol. The van der Waals surface area contributed by atoms with Crippen LogP contribution < -0.4 is 14.8 Å². The first kappa shape index (κ1) is 14.4. The summed E-state index contributed by atoms with van der Waals surface area (Å²) in [5, 5.41) is 3.38. The maximum absolute atomic E-state index is 5.40. The Balaban J connectivity index is 1.45. The lowest BCUT2D eigenvalue weighted by Gasteiger charge is -2.06. The van der Waals surface area contributed by atoms with Crippen LogP contribution in [-0.4, -0.2) is 6.79 Å². The molecule has 3 nitrogen and oxygen atoms in total. The molecule has 0 aromatic heterocycles. The maximum atomic E-state index is 5.40. The van der Waals surface area contributed by atoms with Crippen LogP contribution in [0, 0.1) is 0 Å². The van der Waals surface area contributed by atoms with Crippen molar-refractivity contribution < 1.29 is 9.47 Å². The van der Waals surface area contributed by atoms with Crippen LogP contribution in [0.25, 0.3) is 12.2 Å². The van der Waals surface area contributed by atoms with E-state index in [2.05, 4.69) is 41.7 Å². The zero-order valence-electron chi connectivity index (χ0n) is 13.1. The van der Waals surface area contributed by atoms with Crippen LogP contribution in [0.4, 0.5) is 11.4 Å². The number of rotatable bonds is 4. The van der Waals surface area contributed by atoms with Gasteiger partial charge in [0.1, 0.15) is 0 Å². The highest BCUT2D eigenvalue weighted by Gasteiger charge is 2.12. The zero-order chi connectivity index (χ0) is 16.2. The van der Waals surface area contributed by atoms with Crippen molar-refractivity contribution >= 4 is 23.5 Å². The number of hydrogen-bond acceptors (Lipinski definition) is 3. The number of benzene rings is 3. The highest BCUT2D eigenvalue weighted by molar-refractivity contribution is 5.72. The molecule has 0 atom stereocenters. The lowest BCUT2D eigenvalue weighted by molar-refractivity contribution is 0.174. The summed E-state index contributed by atoms with van der Waals surface area (Å²) in [7, 11) is 0. The highest BCUT2D eigenvalue weighted by atomic mass is 16.7. The lowest BCUT2D eigenvalue weighted by atomic mass is 10.1. The number of anilines is 2. The van der Waals surface area contributed by atoms with Gasteiger partial charge in [-0.2, -0.15) is 0 Å². The Hall–Kier alpha value is -3.20. The van der Waals surface area contributed by atoms with Crippen molar-refractivity contribution in [3.05, 3.63) is 83.9 Å². The largest absolute Gasteiger partial charge is 0.454 e. The van der Waals surface area contributed by atoms with Crippen LogP contribution in [-0.2, 0) is 0 Å². The van der Waals surface area contributed by atoms with Crippen LogP contribution in [0.3, 0.4) is 0 Å². The third kappa shape index (κ3) is 3.25. The molecule has 3 aromatic carbocycles. The average Bonchev–Trinajstić information content (AvgIpc) is 3.10. The lowest BCUT2D eigenvalue weighted by Crippen LogP contribution is -1.92. The van der Waals surface area contributed by atoms with E-state index in [-0.39, 0.29) is 0 Å². The Morgan fingerprint density at radius 3 is 2.17 bits per heavy atom. The van der Waals surface area contributed by atoms with Gasteiger partial charge in [0.25, 0.3) is 0 Å². The van der Waals surface area contributed by atoms with Gasteiger partial charge in [0, 0.05) is 11.4 Å². The van der Waals surface area contributed by atoms with E-state index in [1.54, 1.807) is 0 Å².